The highest BCUT2D eigenvalue weighted by Gasteiger charge is 2.55. The van der Waals surface area contributed by atoms with Crippen molar-refractivity contribution in [3.8, 4) is 0 Å². The van der Waals surface area contributed by atoms with E-state index in [1.54, 1.807) is 22.5 Å². The van der Waals surface area contributed by atoms with E-state index in [9.17, 15) is 0 Å². The van der Waals surface area contributed by atoms with Gasteiger partial charge in [-0.15, -0.1) is 11.3 Å². The number of nitrogens with two attached hydrogens (primary N) is 1. The number of benzene rings is 1. The van der Waals surface area contributed by atoms with Gasteiger partial charge in [0.15, 0.2) is 0 Å². The van der Waals surface area contributed by atoms with Crippen LogP contribution >= 0.6 is 11.3 Å². The summed E-state index contributed by atoms with van der Waals surface area (Å²) in [6.45, 7) is 0. The Morgan fingerprint density at radius 3 is 3.11 bits per heavy atom. The van der Waals surface area contributed by atoms with Crippen molar-refractivity contribution in [2.75, 3.05) is 0 Å². The summed E-state index contributed by atoms with van der Waals surface area (Å²) in [5.41, 5.74) is 9.57. The number of aromatic nitrogens is 1. The second-order valence-electron chi connectivity index (χ2n) is 5.80. The molecule has 0 bridgehead atoms. The highest BCUT2D eigenvalue weighted by atomic mass is 32.1. The average Bonchev–Trinajstić information content (AvgIpc) is 2.98. The first-order valence-electron chi connectivity index (χ1n) is 7.06. The smallest absolute Gasteiger partial charge is 0.0940 e. The minimum atomic E-state index is 0.271. The molecule has 0 saturated heterocycles. The van der Waals surface area contributed by atoms with Crippen LogP contribution in [0, 0.1) is 11.8 Å². The van der Waals surface area contributed by atoms with E-state index in [1.807, 2.05) is 11.6 Å². The first-order valence-corrected chi connectivity index (χ1v) is 7.94. The number of hydrogen-bond acceptors (Lipinski definition) is 3. The molecule has 3 heteroatoms. The van der Waals surface area contributed by atoms with Crippen LogP contribution in [0.3, 0.4) is 0 Å². The Morgan fingerprint density at radius 1 is 1.37 bits per heavy atom. The van der Waals surface area contributed by atoms with Crippen molar-refractivity contribution in [1.82, 2.24) is 4.98 Å². The summed E-state index contributed by atoms with van der Waals surface area (Å²) < 4.78 is 0. The molecule has 2 aliphatic rings. The normalized spacial score (nSPS) is 29.4. The lowest BCUT2D eigenvalue weighted by atomic mass is 9.92. The first-order chi connectivity index (χ1) is 9.34. The molecule has 4 atom stereocenters. The molecule has 1 fully saturated rings. The van der Waals surface area contributed by atoms with Crippen LogP contribution in [-0.2, 0) is 12.8 Å². The lowest BCUT2D eigenvalue weighted by Crippen LogP contribution is -2.26. The minimum Gasteiger partial charge on any atom is -0.327 e. The maximum atomic E-state index is 6.45. The summed E-state index contributed by atoms with van der Waals surface area (Å²) in [5.74, 6) is 2.22. The monoisotopic (exact) mass is 270 g/mol. The van der Waals surface area contributed by atoms with Crippen LogP contribution in [0.4, 0.5) is 0 Å². The summed E-state index contributed by atoms with van der Waals surface area (Å²) in [7, 11) is 0. The van der Waals surface area contributed by atoms with Crippen LogP contribution in [-0.4, -0.2) is 11.0 Å². The van der Waals surface area contributed by atoms with Gasteiger partial charge in [0.05, 0.1) is 5.01 Å². The standard InChI is InChI=1S/C16H18N2S/c17-13(9-14-18-7-8-19-14)16-12-6-5-10-3-1-2-4-11(10)15(12)16/h1-4,7-8,12-13,15-16H,5-6,9,17H2. The molecule has 2 aliphatic carbocycles. The van der Waals surface area contributed by atoms with Crippen LogP contribution in [0.2, 0.25) is 0 Å². The van der Waals surface area contributed by atoms with E-state index in [2.05, 4.69) is 29.2 Å². The molecule has 0 radical (unpaired) electrons. The van der Waals surface area contributed by atoms with Gasteiger partial charge in [0, 0.05) is 24.0 Å². The first kappa shape index (κ1) is 11.6. The van der Waals surface area contributed by atoms with Crippen molar-refractivity contribution in [2.45, 2.75) is 31.2 Å². The average molecular weight is 270 g/mol. The van der Waals surface area contributed by atoms with Crippen LogP contribution in [0.15, 0.2) is 35.8 Å². The molecule has 4 rings (SSSR count). The highest BCUT2D eigenvalue weighted by Crippen LogP contribution is 2.61. The molecule has 2 N–H and O–H groups in total. The molecule has 2 nitrogen and oxygen atoms in total. The Balaban J connectivity index is 1.54. The summed E-state index contributed by atoms with van der Waals surface area (Å²) in [6.07, 6.45) is 5.37. The largest absolute Gasteiger partial charge is 0.327 e. The molecule has 1 saturated carbocycles. The van der Waals surface area contributed by atoms with Crippen molar-refractivity contribution in [2.24, 2.45) is 17.6 Å². The third kappa shape index (κ3) is 1.92. The second-order valence-corrected chi connectivity index (χ2v) is 6.78. The molecular weight excluding hydrogens is 252 g/mol. The Kier molecular flexibility index (Phi) is 2.71. The van der Waals surface area contributed by atoms with E-state index in [0.29, 0.717) is 5.92 Å². The molecule has 1 aromatic carbocycles. The van der Waals surface area contributed by atoms with Crippen molar-refractivity contribution in [1.29, 1.82) is 0 Å². The van der Waals surface area contributed by atoms with Gasteiger partial charge in [-0.25, -0.2) is 4.98 Å². The fraction of sp³-hybridized carbons (Fsp3) is 0.438. The lowest BCUT2D eigenvalue weighted by Gasteiger charge is -2.13. The number of rotatable bonds is 3. The number of thiazole rings is 1. The highest BCUT2D eigenvalue weighted by molar-refractivity contribution is 7.09. The number of nitrogens with zero attached hydrogens (tertiary/aromatic N) is 1. The van der Waals surface area contributed by atoms with Gasteiger partial charge in [-0.1, -0.05) is 24.3 Å². The van der Waals surface area contributed by atoms with Gasteiger partial charge in [0.1, 0.15) is 0 Å². The van der Waals surface area contributed by atoms with Crippen LogP contribution in [0.5, 0.6) is 0 Å². The van der Waals surface area contributed by atoms with Gasteiger partial charge in [0.25, 0.3) is 0 Å². The fourth-order valence-corrected chi connectivity index (χ4v) is 4.58. The van der Waals surface area contributed by atoms with Crippen molar-refractivity contribution in [3.05, 3.63) is 52.0 Å². The number of aryl methyl sites for hydroxylation is 1. The van der Waals surface area contributed by atoms with Crippen molar-refractivity contribution >= 4 is 11.3 Å². The van der Waals surface area contributed by atoms with Gasteiger partial charge in [0.2, 0.25) is 0 Å². The van der Waals surface area contributed by atoms with Gasteiger partial charge < -0.3 is 5.73 Å². The second kappa shape index (κ2) is 4.43. The Morgan fingerprint density at radius 2 is 2.26 bits per heavy atom. The van der Waals surface area contributed by atoms with E-state index in [4.69, 9.17) is 5.73 Å². The summed E-state index contributed by atoms with van der Waals surface area (Å²) in [5, 5.41) is 3.22. The molecule has 1 aromatic heterocycles. The molecule has 4 unspecified atom stereocenters. The van der Waals surface area contributed by atoms with E-state index < -0.39 is 0 Å². The zero-order chi connectivity index (χ0) is 12.8. The lowest BCUT2D eigenvalue weighted by molar-refractivity contribution is 0.531. The molecule has 98 valence electrons. The third-order valence-electron chi connectivity index (χ3n) is 4.78. The SMILES string of the molecule is NC(Cc1nccs1)C1C2CCc3ccccc3C21. The Hall–Kier alpha value is -1.19. The topological polar surface area (TPSA) is 38.9 Å². The summed E-state index contributed by atoms with van der Waals surface area (Å²) >= 11 is 1.72. The molecule has 2 aromatic rings. The summed E-state index contributed by atoms with van der Waals surface area (Å²) in [4.78, 5) is 4.37. The van der Waals surface area contributed by atoms with Crippen LogP contribution in [0.1, 0.15) is 28.5 Å². The quantitative estimate of drug-likeness (QED) is 0.931. The fourth-order valence-electron chi connectivity index (χ4n) is 3.89. The van der Waals surface area contributed by atoms with E-state index in [0.717, 1.165) is 18.3 Å². The van der Waals surface area contributed by atoms with Crippen molar-refractivity contribution < 1.29 is 0 Å². The third-order valence-corrected chi connectivity index (χ3v) is 5.58. The van der Waals surface area contributed by atoms with E-state index >= 15 is 0 Å². The predicted molar refractivity (Wildman–Crippen MR) is 78.3 cm³/mol. The molecular formula is C16H18N2S. The van der Waals surface area contributed by atoms with Gasteiger partial charge in [-0.3, -0.25) is 0 Å². The van der Waals surface area contributed by atoms with Gasteiger partial charge >= 0.3 is 0 Å². The van der Waals surface area contributed by atoms with Gasteiger partial charge in [-0.05, 0) is 41.7 Å². The Bertz CT molecular complexity index is 578. The maximum Gasteiger partial charge on any atom is 0.0940 e. The van der Waals surface area contributed by atoms with Crippen LogP contribution < -0.4 is 5.73 Å². The Labute approximate surface area is 117 Å². The molecule has 19 heavy (non-hydrogen) atoms. The number of fused-ring (bicyclic) bond motifs is 3. The molecule has 0 amide bonds. The van der Waals surface area contributed by atoms with E-state index in [1.165, 1.54) is 17.8 Å². The molecule has 0 aliphatic heterocycles. The summed E-state index contributed by atoms with van der Waals surface area (Å²) in [6, 6.07) is 9.19. The minimum absolute atomic E-state index is 0.271. The molecule has 1 heterocycles. The molecule has 0 spiro atoms. The van der Waals surface area contributed by atoms with Gasteiger partial charge in [-0.2, -0.15) is 0 Å². The number of hydrogen-bond donors (Lipinski definition) is 1. The predicted octanol–water partition coefficient (Wildman–Crippen LogP) is 2.99. The zero-order valence-electron chi connectivity index (χ0n) is 10.8. The zero-order valence-corrected chi connectivity index (χ0v) is 11.6. The maximum absolute atomic E-state index is 6.45. The van der Waals surface area contributed by atoms with Crippen molar-refractivity contribution in [3.63, 3.8) is 0 Å². The van der Waals surface area contributed by atoms with E-state index in [-0.39, 0.29) is 6.04 Å². The van der Waals surface area contributed by atoms with Crippen LogP contribution in [0.25, 0.3) is 0 Å².